The van der Waals surface area contributed by atoms with Crippen molar-refractivity contribution in [1.82, 2.24) is 4.98 Å². The van der Waals surface area contributed by atoms with Crippen LogP contribution in [0.4, 0.5) is 35.1 Å². The first-order valence-corrected chi connectivity index (χ1v) is 7.78. The zero-order valence-electron chi connectivity index (χ0n) is 14.3. The van der Waals surface area contributed by atoms with E-state index in [1.54, 1.807) is 0 Å². The van der Waals surface area contributed by atoms with Crippen molar-refractivity contribution < 1.29 is 65.1 Å². The van der Waals surface area contributed by atoms with Gasteiger partial charge in [-0.3, -0.25) is 4.79 Å². The van der Waals surface area contributed by atoms with Crippen LogP contribution in [0, 0.1) is 13.0 Å². The molecule has 1 radical (unpaired) electrons. The average molecular weight is 616 g/mol. The zero-order valence-corrected chi connectivity index (χ0v) is 17.5. The molecule has 28 heavy (non-hydrogen) atoms. The molecule has 0 spiro atoms. The molecular weight excluding hydrogens is 602 g/mol. The van der Waals surface area contributed by atoms with Crippen molar-refractivity contribution in [3.63, 3.8) is 0 Å². The molecule has 13 heteroatoms. The maximum Gasteiger partial charge on any atom is 0.378 e. The molecule has 1 aromatic rings. The van der Waals surface area contributed by atoms with Gasteiger partial charge < -0.3 is 10.1 Å². The Morgan fingerprint density at radius 2 is 1.61 bits per heavy atom. The van der Waals surface area contributed by atoms with E-state index in [1.165, 1.54) is 26.8 Å². The number of carbonyl (C=O) groups excluding carboxylic acids is 1. The first-order valence-electron chi connectivity index (χ1n) is 6.97. The van der Waals surface area contributed by atoms with E-state index in [1.807, 2.05) is 0 Å². The SMILES string of the molecule is CC(=[OH+])/C=C(/C)O.Cc1cnc(C2=[C-]C(F)(F)C(F)(F)C(F)(F)C2(F)F)s1.[Ir]. The van der Waals surface area contributed by atoms with Gasteiger partial charge in [-0.05, 0) is 18.9 Å². The summed E-state index contributed by atoms with van der Waals surface area (Å²) in [6.45, 7) is 4.35. The van der Waals surface area contributed by atoms with E-state index in [0.717, 1.165) is 6.20 Å². The van der Waals surface area contributed by atoms with Gasteiger partial charge in [-0.25, -0.2) is 20.1 Å². The number of aliphatic hydroxyl groups excluding tert-OH is 1. The van der Waals surface area contributed by atoms with Gasteiger partial charge in [-0.2, -0.15) is 32.4 Å². The van der Waals surface area contributed by atoms with Crippen molar-refractivity contribution in [3.05, 3.63) is 34.0 Å². The van der Waals surface area contributed by atoms with Gasteiger partial charge in [-0.1, -0.05) is 0 Å². The van der Waals surface area contributed by atoms with E-state index in [4.69, 9.17) is 9.90 Å². The molecule has 0 aromatic carbocycles. The molecule has 2 N–H and O–H groups in total. The van der Waals surface area contributed by atoms with Crippen LogP contribution in [0.3, 0.4) is 0 Å². The Labute approximate surface area is 171 Å². The monoisotopic (exact) mass is 616 g/mol. The van der Waals surface area contributed by atoms with E-state index < -0.39 is 34.3 Å². The number of aromatic nitrogens is 1. The summed E-state index contributed by atoms with van der Waals surface area (Å²) >= 11 is 0.396. The number of hydrogen-bond acceptors (Lipinski definition) is 3. The second kappa shape index (κ2) is 8.58. The summed E-state index contributed by atoms with van der Waals surface area (Å²) in [6, 6.07) is 0. The van der Waals surface area contributed by atoms with Crippen LogP contribution in [0.2, 0.25) is 0 Å². The number of alkyl halides is 8. The van der Waals surface area contributed by atoms with E-state index in [2.05, 4.69) is 4.98 Å². The van der Waals surface area contributed by atoms with Gasteiger partial charge in [-0.15, -0.1) is 5.57 Å². The van der Waals surface area contributed by atoms with Gasteiger partial charge in [0.15, 0.2) is 0 Å². The number of rotatable bonds is 2. The molecule has 161 valence electrons. The van der Waals surface area contributed by atoms with Crippen LogP contribution in [-0.4, -0.2) is 44.4 Å². The summed E-state index contributed by atoms with van der Waals surface area (Å²) in [6.07, 6.45) is 2.75. The summed E-state index contributed by atoms with van der Waals surface area (Å²) in [5.74, 6) is -23.3. The number of aryl methyl sites for hydroxylation is 1. The van der Waals surface area contributed by atoms with Crippen molar-refractivity contribution >= 4 is 22.7 Å². The van der Waals surface area contributed by atoms with Gasteiger partial charge in [0, 0.05) is 31.2 Å². The summed E-state index contributed by atoms with van der Waals surface area (Å²) in [5.41, 5.74) is -2.02. The van der Waals surface area contributed by atoms with Crippen molar-refractivity contribution in [2.75, 3.05) is 0 Å². The van der Waals surface area contributed by atoms with Crippen molar-refractivity contribution in [2.24, 2.45) is 0 Å². The summed E-state index contributed by atoms with van der Waals surface area (Å²) in [4.78, 5) is 11.9. The van der Waals surface area contributed by atoms with Gasteiger partial charge in [0.25, 0.3) is 5.92 Å². The van der Waals surface area contributed by atoms with Crippen LogP contribution in [0.15, 0.2) is 18.0 Å². The minimum atomic E-state index is -6.26. The van der Waals surface area contributed by atoms with Gasteiger partial charge in [0.1, 0.15) is 0 Å². The third-order valence-corrected chi connectivity index (χ3v) is 3.96. The molecule has 0 bridgehead atoms. The molecule has 1 aliphatic carbocycles. The molecule has 0 unspecified atom stereocenters. The minimum Gasteiger partial charge on any atom is -0.512 e. The van der Waals surface area contributed by atoms with Crippen LogP contribution in [-0.2, 0) is 20.1 Å². The summed E-state index contributed by atoms with van der Waals surface area (Å²) in [5, 5.41) is 7.50. The number of ketones is 1. The molecule has 0 saturated heterocycles. The summed E-state index contributed by atoms with van der Waals surface area (Å²) < 4.78 is 105. The number of nitrogens with zero attached hydrogens (tertiary/aromatic N) is 1. The van der Waals surface area contributed by atoms with Crippen LogP contribution < -0.4 is 0 Å². The molecule has 0 amide bonds. The van der Waals surface area contributed by atoms with E-state index in [0.29, 0.717) is 17.4 Å². The second-order valence-corrected chi connectivity index (χ2v) is 6.74. The Morgan fingerprint density at radius 1 is 1.11 bits per heavy atom. The van der Waals surface area contributed by atoms with Crippen molar-refractivity contribution in [2.45, 2.75) is 44.5 Å². The van der Waals surface area contributed by atoms with Crippen LogP contribution in [0.25, 0.3) is 5.57 Å². The molecule has 3 nitrogen and oxygen atoms in total. The number of aliphatic hydroxyl groups is 1. The Balaban J connectivity index is 0.000000786. The Hall–Kier alpha value is -1.33. The van der Waals surface area contributed by atoms with E-state index in [-0.39, 0.29) is 36.5 Å². The number of allylic oxidation sites excluding steroid dienone is 4. The minimum absolute atomic E-state index is 0. The fourth-order valence-electron chi connectivity index (χ4n) is 1.83. The number of thiazole rings is 1. The first kappa shape index (κ1) is 26.7. The maximum absolute atomic E-state index is 13.5. The second-order valence-electron chi connectivity index (χ2n) is 5.50. The smallest absolute Gasteiger partial charge is 0.378 e. The van der Waals surface area contributed by atoms with Gasteiger partial charge in [0.2, 0.25) is 0 Å². The number of halogens is 8. The molecular formula is C15H13F8IrNO2S. The molecule has 0 saturated carbocycles. The summed E-state index contributed by atoms with van der Waals surface area (Å²) in [7, 11) is 0. The number of hydrogen-bond donors (Lipinski definition) is 1. The molecule has 1 aliphatic rings. The molecule has 1 heterocycles. The molecule has 0 atom stereocenters. The van der Waals surface area contributed by atoms with Crippen LogP contribution >= 0.6 is 11.3 Å². The Bertz CT molecular complexity index is 785. The molecule has 2 rings (SSSR count). The quantitative estimate of drug-likeness (QED) is 0.164. The Kier molecular flexibility index (Phi) is 8.17. The largest absolute Gasteiger partial charge is 0.512 e. The molecule has 0 fully saturated rings. The third kappa shape index (κ3) is 4.80. The standard InChI is InChI=1S/C10H4F8NS.C5H8O2.Ir/c1-4-3-19-6(20-4)5-2-7(11,12)9(15,16)10(17,18)8(5,13)14;1-4(6)3-5(2)7;/h3H,1H3;3,6H,1-2H3;/q-1;;/p+1/b;4-3-;. The zero-order chi connectivity index (χ0) is 21.4. The van der Waals surface area contributed by atoms with Crippen molar-refractivity contribution in [3.8, 4) is 0 Å². The fraction of sp³-hybridized carbons (Fsp3) is 0.467. The third-order valence-electron chi connectivity index (χ3n) is 3.03. The molecule has 1 aromatic heterocycles. The predicted octanol–water partition coefficient (Wildman–Crippen LogP) is 5.20. The predicted molar refractivity (Wildman–Crippen MR) is 82.3 cm³/mol. The first-order chi connectivity index (χ1) is 12.0. The van der Waals surface area contributed by atoms with Gasteiger partial charge in [0.05, 0.1) is 18.8 Å². The van der Waals surface area contributed by atoms with Crippen LogP contribution in [0.5, 0.6) is 0 Å². The van der Waals surface area contributed by atoms with Crippen molar-refractivity contribution in [1.29, 1.82) is 0 Å². The normalized spacial score (nSPS) is 21.5. The molecule has 0 aliphatic heterocycles. The fourth-order valence-corrected chi connectivity index (χ4v) is 2.62. The average Bonchev–Trinajstić information content (AvgIpc) is 2.88. The van der Waals surface area contributed by atoms with E-state index >= 15 is 0 Å². The topological polar surface area (TPSA) is 54.5 Å². The van der Waals surface area contributed by atoms with E-state index in [9.17, 15) is 35.1 Å². The Morgan fingerprint density at radius 3 is 1.93 bits per heavy atom. The van der Waals surface area contributed by atoms with Crippen LogP contribution in [0.1, 0.15) is 23.7 Å². The maximum atomic E-state index is 13.5. The van der Waals surface area contributed by atoms with Gasteiger partial charge >= 0.3 is 23.6 Å².